The molecule has 1 aromatic rings. The van der Waals surface area contributed by atoms with Crippen LogP contribution in [0.3, 0.4) is 0 Å². The van der Waals surface area contributed by atoms with Crippen LogP contribution in [0.25, 0.3) is 0 Å². The second-order valence-corrected chi connectivity index (χ2v) is 5.11. The summed E-state index contributed by atoms with van der Waals surface area (Å²) >= 11 is 13.7. The van der Waals surface area contributed by atoms with Crippen LogP contribution in [0, 0.1) is 0 Å². The Balaban J connectivity index is 2.10. The largest absolute Gasteiger partial charge is 0.365 e. The summed E-state index contributed by atoms with van der Waals surface area (Å²) in [6, 6.07) is 3.93. The molecular formula is C9H10Cl2N2S. The predicted molar refractivity (Wildman–Crippen MR) is 63.6 cm³/mol. The van der Waals surface area contributed by atoms with Crippen molar-refractivity contribution in [2.24, 2.45) is 0 Å². The van der Waals surface area contributed by atoms with Gasteiger partial charge in [-0.15, -0.1) is 0 Å². The van der Waals surface area contributed by atoms with E-state index in [4.69, 9.17) is 23.2 Å². The SMILES string of the molecule is Clc1ccc(Cl)c(NC2CCSC2)n1. The van der Waals surface area contributed by atoms with Crippen LogP contribution in [0.4, 0.5) is 5.82 Å². The van der Waals surface area contributed by atoms with Crippen LogP contribution < -0.4 is 5.32 Å². The first-order valence-electron chi connectivity index (χ1n) is 4.42. The molecule has 5 heteroatoms. The van der Waals surface area contributed by atoms with Gasteiger partial charge in [-0.1, -0.05) is 23.2 Å². The molecule has 1 N–H and O–H groups in total. The van der Waals surface area contributed by atoms with Crippen LogP contribution in [-0.2, 0) is 0 Å². The van der Waals surface area contributed by atoms with Gasteiger partial charge in [0.15, 0.2) is 0 Å². The lowest BCUT2D eigenvalue weighted by Crippen LogP contribution is -2.19. The Morgan fingerprint density at radius 3 is 3.00 bits per heavy atom. The maximum absolute atomic E-state index is 5.98. The van der Waals surface area contributed by atoms with E-state index in [9.17, 15) is 0 Å². The average molecular weight is 249 g/mol. The number of nitrogens with one attached hydrogen (secondary N) is 1. The highest BCUT2D eigenvalue weighted by molar-refractivity contribution is 7.99. The molecular weight excluding hydrogens is 239 g/mol. The summed E-state index contributed by atoms with van der Waals surface area (Å²) in [6.07, 6.45) is 1.16. The highest BCUT2D eigenvalue weighted by atomic mass is 35.5. The monoisotopic (exact) mass is 248 g/mol. The molecule has 2 nitrogen and oxygen atoms in total. The molecule has 0 spiro atoms. The zero-order valence-electron chi connectivity index (χ0n) is 7.46. The highest BCUT2D eigenvalue weighted by Crippen LogP contribution is 2.26. The Labute approximate surface area is 97.4 Å². The van der Waals surface area contributed by atoms with E-state index < -0.39 is 0 Å². The smallest absolute Gasteiger partial charge is 0.146 e. The fourth-order valence-electron chi connectivity index (χ4n) is 1.36. The van der Waals surface area contributed by atoms with Gasteiger partial charge in [-0.3, -0.25) is 0 Å². The molecule has 1 fully saturated rings. The minimum absolute atomic E-state index is 0.475. The number of nitrogens with zero attached hydrogens (tertiary/aromatic N) is 1. The van der Waals surface area contributed by atoms with E-state index in [0.29, 0.717) is 22.0 Å². The topological polar surface area (TPSA) is 24.9 Å². The Kier molecular flexibility index (Phi) is 3.42. The van der Waals surface area contributed by atoms with Gasteiger partial charge in [0.1, 0.15) is 11.0 Å². The molecule has 0 saturated carbocycles. The number of rotatable bonds is 2. The van der Waals surface area contributed by atoms with Gasteiger partial charge in [-0.05, 0) is 24.3 Å². The molecule has 1 aliphatic heterocycles. The van der Waals surface area contributed by atoms with E-state index >= 15 is 0 Å². The summed E-state index contributed by atoms with van der Waals surface area (Å²) in [6.45, 7) is 0. The lowest BCUT2D eigenvalue weighted by Gasteiger charge is -2.12. The molecule has 0 radical (unpaired) electrons. The molecule has 1 aliphatic rings. The summed E-state index contributed by atoms with van der Waals surface area (Å²) in [7, 11) is 0. The fraction of sp³-hybridized carbons (Fsp3) is 0.444. The minimum Gasteiger partial charge on any atom is -0.365 e. The first kappa shape index (κ1) is 10.4. The second kappa shape index (κ2) is 4.60. The molecule has 2 rings (SSSR count). The summed E-state index contributed by atoms with van der Waals surface area (Å²) < 4.78 is 0. The Hall–Kier alpha value is -0.120. The molecule has 1 saturated heterocycles. The van der Waals surface area contributed by atoms with E-state index in [1.165, 1.54) is 5.75 Å². The van der Waals surface area contributed by atoms with Crippen LogP contribution in [0.5, 0.6) is 0 Å². The zero-order chi connectivity index (χ0) is 9.97. The van der Waals surface area contributed by atoms with Crippen molar-refractivity contribution in [2.75, 3.05) is 16.8 Å². The standard InChI is InChI=1S/C9H10Cl2N2S/c10-7-1-2-8(11)13-9(7)12-6-3-4-14-5-6/h1-2,6H,3-5H2,(H,12,13). The Bertz CT molecular complexity index is 327. The number of hydrogen-bond acceptors (Lipinski definition) is 3. The maximum atomic E-state index is 5.98. The summed E-state index contributed by atoms with van der Waals surface area (Å²) in [4.78, 5) is 4.15. The maximum Gasteiger partial charge on any atom is 0.146 e. The molecule has 0 bridgehead atoms. The van der Waals surface area contributed by atoms with Crippen molar-refractivity contribution in [1.82, 2.24) is 4.98 Å². The molecule has 0 aliphatic carbocycles. The normalized spacial score (nSPS) is 21.1. The van der Waals surface area contributed by atoms with E-state index in [1.54, 1.807) is 12.1 Å². The average Bonchev–Trinajstić information content (AvgIpc) is 2.64. The van der Waals surface area contributed by atoms with Crippen molar-refractivity contribution in [1.29, 1.82) is 0 Å². The number of anilines is 1. The molecule has 2 heterocycles. The third kappa shape index (κ3) is 2.47. The lowest BCUT2D eigenvalue weighted by atomic mass is 10.2. The van der Waals surface area contributed by atoms with Gasteiger partial charge in [-0.25, -0.2) is 4.98 Å². The van der Waals surface area contributed by atoms with Crippen LogP contribution in [0.1, 0.15) is 6.42 Å². The zero-order valence-corrected chi connectivity index (χ0v) is 9.79. The van der Waals surface area contributed by atoms with E-state index in [1.807, 2.05) is 11.8 Å². The molecule has 1 unspecified atom stereocenters. The highest BCUT2D eigenvalue weighted by Gasteiger charge is 2.16. The van der Waals surface area contributed by atoms with Crippen molar-refractivity contribution in [2.45, 2.75) is 12.5 Å². The van der Waals surface area contributed by atoms with Gasteiger partial charge in [0.25, 0.3) is 0 Å². The lowest BCUT2D eigenvalue weighted by molar-refractivity contribution is 0.807. The van der Waals surface area contributed by atoms with E-state index in [0.717, 1.165) is 12.2 Å². The van der Waals surface area contributed by atoms with Gasteiger partial charge in [0.2, 0.25) is 0 Å². The summed E-state index contributed by atoms with van der Waals surface area (Å²) in [5.41, 5.74) is 0. The van der Waals surface area contributed by atoms with Gasteiger partial charge in [0.05, 0.1) is 5.02 Å². The van der Waals surface area contributed by atoms with Crippen LogP contribution in [0.15, 0.2) is 12.1 Å². The number of hydrogen-bond donors (Lipinski definition) is 1. The van der Waals surface area contributed by atoms with Crippen molar-refractivity contribution in [3.05, 3.63) is 22.3 Å². The van der Waals surface area contributed by atoms with Crippen molar-refractivity contribution >= 4 is 40.8 Å². The van der Waals surface area contributed by atoms with Crippen molar-refractivity contribution in [3.63, 3.8) is 0 Å². The predicted octanol–water partition coefficient (Wildman–Crippen LogP) is 3.31. The quantitative estimate of drug-likeness (QED) is 0.814. The molecule has 1 aromatic heterocycles. The van der Waals surface area contributed by atoms with Crippen LogP contribution >= 0.6 is 35.0 Å². The second-order valence-electron chi connectivity index (χ2n) is 3.17. The van der Waals surface area contributed by atoms with E-state index in [-0.39, 0.29) is 0 Å². The van der Waals surface area contributed by atoms with Crippen LogP contribution in [0.2, 0.25) is 10.2 Å². The minimum atomic E-state index is 0.475. The van der Waals surface area contributed by atoms with E-state index in [2.05, 4.69) is 10.3 Å². The molecule has 1 atom stereocenters. The summed E-state index contributed by atoms with van der Waals surface area (Å²) in [5.74, 6) is 3.02. The number of aromatic nitrogens is 1. The van der Waals surface area contributed by atoms with Crippen LogP contribution in [-0.4, -0.2) is 22.5 Å². The van der Waals surface area contributed by atoms with Gasteiger partial charge >= 0.3 is 0 Å². The Morgan fingerprint density at radius 1 is 1.43 bits per heavy atom. The first-order valence-corrected chi connectivity index (χ1v) is 6.33. The van der Waals surface area contributed by atoms with Crippen molar-refractivity contribution < 1.29 is 0 Å². The number of pyridine rings is 1. The van der Waals surface area contributed by atoms with Crippen molar-refractivity contribution in [3.8, 4) is 0 Å². The number of halogens is 2. The van der Waals surface area contributed by atoms with Gasteiger partial charge in [-0.2, -0.15) is 11.8 Å². The first-order chi connectivity index (χ1) is 6.75. The molecule has 0 amide bonds. The summed E-state index contributed by atoms with van der Waals surface area (Å²) in [5, 5.41) is 4.41. The molecule has 0 aromatic carbocycles. The fourth-order valence-corrected chi connectivity index (χ4v) is 2.82. The molecule has 76 valence electrons. The molecule has 14 heavy (non-hydrogen) atoms. The number of thioether (sulfide) groups is 1. The third-order valence-electron chi connectivity index (χ3n) is 2.08. The van der Waals surface area contributed by atoms with Gasteiger partial charge in [0, 0.05) is 11.8 Å². The Morgan fingerprint density at radius 2 is 2.29 bits per heavy atom. The third-order valence-corrected chi connectivity index (χ3v) is 3.76. The van der Waals surface area contributed by atoms with Gasteiger partial charge < -0.3 is 5.32 Å².